The van der Waals surface area contributed by atoms with Crippen LogP contribution in [0.2, 0.25) is 0 Å². The highest BCUT2D eigenvalue weighted by Gasteiger charge is 2.36. The van der Waals surface area contributed by atoms with Gasteiger partial charge in [-0.2, -0.15) is 5.06 Å². The van der Waals surface area contributed by atoms with E-state index in [1.807, 2.05) is 6.92 Å². The highest BCUT2D eigenvalue weighted by molar-refractivity contribution is 6.97. The first-order valence-corrected chi connectivity index (χ1v) is 5.16. The van der Waals surface area contributed by atoms with Crippen molar-refractivity contribution in [3.8, 4) is 12.3 Å². The molecule has 0 bridgehead atoms. The van der Waals surface area contributed by atoms with Crippen molar-refractivity contribution in [1.29, 1.82) is 5.41 Å². The average Bonchev–Trinajstić information content (AvgIpc) is 2.66. The fourth-order valence-electron chi connectivity index (χ4n) is 0.895. The Morgan fingerprint density at radius 2 is 2.55 bits per heavy atom. The largest absolute Gasteiger partial charge is 0.314 e. The second-order valence-corrected chi connectivity index (χ2v) is 4.88. The molecule has 0 aromatic heterocycles. The van der Waals surface area contributed by atoms with Crippen LogP contribution in [0.25, 0.3) is 0 Å². The first kappa shape index (κ1) is 8.46. The lowest BCUT2D eigenvalue weighted by atomic mass is 10.2. The van der Waals surface area contributed by atoms with Crippen LogP contribution in [-0.2, 0) is 0 Å². The molecule has 2 atom stereocenters. The highest BCUT2D eigenvalue weighted by Crippen LogP contribution is 2.11. The number of hydroxylamine groups is 2. The van der Waals surface area contributed by atoms with Crippen molar-refractivity contribution in [3.05, 3.63) is 0 Å². The van der Waals surface area contributed by atoms with E-state index >= 15 is 0 Å². The van der Waals surface area contributed by atoms with Gasteiger partial charge < -0.3 is 10.6 Å². The number of rotatable bonds is 3. The molecule has 60 valence electrons. The van der Waals surface area contributed by atoms with Gasteiger partial charge in [0.15, 0.2) is 0 Å². The summed E-state index contributed by atoms with van der Waals surface area (Å²) in [6.07, 6.45) is 5.15. The van der Waals surface area contributed by atoms with Gasteiger partial charge in [0.25, 0.3) is 0 Å². The molecule has 0 aliphatic carbocycles. The highest BCUT2D eigenvalue weighted by atomic mass is 28.2. The van der Waals surface area contributed by atoms with Crippen LogP contribution in [0.15, 0.2) is 0 Å². The summed E-state index contributed by atoms with van der Waals surface area (Å²) in [5.74, 6) is 2.61. The molecule has 2 unspecified atom stereocenters. The van der Waals surface area contributed by atoms with E-state index in [4.69, 9.17) is 11.8 Å². The van der Waals surface area contributed by atoms with Crippen LogP contribution < -0.4 is 0 Å². The lowest BCUT2D eigenvalue weighted by Crippen LogP contribution is -2.28. The van der Waals surface area contributed by atoms with E-state index in [2.05, 4.69) is 5.92 Å². The number of terminal acetylenes is 1. The summed E-state index contributed by atoms with van der Waals surface area (Å²) in [6, 6.07) is 0. The fourth-order valence-corrected chi connectivity index (χ4v) is 1.76. The molecule has 0 saturated carbocycles. The van der Waals surface area contributed by atoms with Crippen molar-refractivity contribution in [2.24, 2.45) is 5.92 Å². The number of nitrogens with zero attached hydrogens (tertiary/aromatic N) is 1. The normalized spacial score (nSPS) is 27.1. The van der Waals surface area contributed by atoms with Crippen LogP contribution in [-0.4, -0.2) is 37.3 Å². The molecule has 0 radical (unpaired) electrons. The molecule has 0 spiro atoms. The molecule has 1 rings (SSSR count). The molecule has 1 saturated heterocycles. The smallest absolute Gasteiger partial charge is 0.103 e. The zero-order valence-corrected chi connectivity index (χ0v) is 7.95. The summed E-state index contributed by atoms with van der Waals surface area (Å²) in [7, 11) is -0.402. The van der Waals surface area contributed by atoms with Crippen LogP contribution in [0.4, 0.5) is 0 Å². The van der Waals surface area contributed by atoms with E-state index in [0.717, 1.165) is 5.33 Å². The second kappa shape index (κ2) is 3.18. The van der Waals surface area contributed by atoms with Gasteiger partial charge in [-0.25, -0.2) is 0 Å². The van der Waals surface area contributed by atoms with Crippen molar-refractivity contribution in [2.75, 3.05) is 6.54 Å². The molecular weight excluding hydrogens is 156 g/mol. The molecule has 2 N–H and O–H groups in total. The Hall–Kier alpha value is -0.633. The Morgan fingerprint density at radius 3 is 2.91 bits per heavy atom. The van der Waals surface area contributed by atoms with Crippen LogP contribution in [0.5, 0.6) is 0 Å². The lowest BCUT2D eigenvalue weighted by molar-refractivity contribution is -0.0883. The first-order valence-electron chi connectivity index (χ1n) is 3.64. The standard InChI is InChI=1S/C7H12N2OSi/c1-3-5(2)4-9(10)7-6(8)11-7/h1,5,7-8,10H,4,11H2,2H3. The van der Waals surface area contributed by atoms with Crippen LogP contribution >= 0.6 is 0 Å². The first-order chi connectivity index (χ1) is 5.15. The summed E-state index contributed by atoms with van der Waals surface area (Å²) in [5.41, 5.74) is 0.0887. The van der Waals surface area contributed by atoms with Crippen molar-refractivity contribution < 1.29 is 5.21 Å². The SMILES string of the molecule is C#CC(C)CN(O)C1[SiH2]C1=N. The summed E-state index contributed by atoms with van der Waals surface area (Å²) in [5, 5.41) is 18.5. The van der Waals surface area contributed by atoms with E-state index in [1.54, 1.807) is 0 Å². The molecular formula is C7H12N2OSi. The van der Waals surface area contributed by atoms with Gasteiger partial charge in [0.2, 0.25) is 0 Å². The Labute approximate surface area is 68.7 Å². The van der Waals surface area contributed by atoms with Crippen LogP contribution in [0.3, 0.4) is 0 Å². The van der Waals surface area contributed by atoms with Gasteiger partial charge in [0, 0.05) is 17.8 Å². The summed E-state index contributed by atoms with van der Waals surface area (Å²) < 4.78 is 0. The Balaban J connectivity index is 2.27. The molecule has 0 aromatic carbocycles. The summed E-state index contributed by atoms with van der Waals surface area (Å²) in [6.45, 7) is 2.38. The Bertz CT molecular complexity index is 211. The third-order valence-electron chi connectivity index (χ3n) is 1.76. The summed E-state index contributed by atoms with van der Waals surface area (Å²) >= 11 is 0. The van der Waals surface area contributed by atoms with Gasteiger partial charge >= 0.3 is 0 Å². The minimum Gasteiger partial charge on any atom is -0.314 e. The van der Waals surface area contributed by atoms with Gasteiger partial charge in [-0.05, 0) is 0 Å². The van der Waals surface area contributed by atoms with Gasteiger partial charge in [-0.15, -0.1) is 12.3 Å². The van der Waals surface area contributed by atoms with Crippen LogP contribution in [0, 0.1) is 23.7 Å². The maximum Gasteiger partial charge on any atom is 0.103 e. The number of hydrogen-bond acceptors (Lipinski definition) is 3. The third kappa shape index (κ3) is 2.15. The quantitative estimate of drug-likeness (QED) is 0.337. The van der Waals surface area contributed by atoms with E-state index in [-0.39, 0.29) is 11.6 Å². The second-order valence-electron chi connectivity index (χ2n) is 2.93. The average molecular weight is 168 g/mol. The zero-order valence-electron chi connectivity index (χ0n) is 6.54. The molecule has 0 aromatic rings. The predicted molar refractivity (Wildman–Crippen MR) is 46.5 cm³/mol. The topological polar surface area (TPSA) is 47.3 Å². The van der Waals surface area contributed by atoms with E-state index in [9.17, 15) is 5.21 Å². The van der Waals surface area contributed by atoms with Gasteiger partial charge in [-0.1, -0.05) is 6.92 Å². The van der Waals surface area contributed by atoms with E-state index in [0.29, 0.717) is 6.54 Å². The molecule has 11 heavy (non-hydrogen) atoms. The maximum absolute atomic E-state index is 9.29. The van der Waals surface area contributed by atoms with Gasteiger partial charge in [0.05, 0.1) is 5.67 Å². The Kier molecular flexibility index (Phi) is 2.44. The molecule has 0 amide bonds. The monoisotopic (exact) mass is 168 g/mol. The Morgan fingerprint density at radius 1 is 2.00 bits per heavy atom. The maximum atomic E-state index is 9.29. The fraction of sp³-hybridized carbons (Fsp3) is 0.571. The van der Waals surface area contributed by atoms with E-state index in [1.165, 1.54) is 5.06 Å². The molecule has 4 heteroatoms. The number of nitrogens with one attached hydrogen (secondary N) is 1. The van der Waals surface area contributed by atoms with Crippen LogP contribution in [0.1, 0.15) is 6.92 Å². The molecule has 1 heterocycles. The zero-order chi connectivity index (χ0) is 8.43. The van der Waals surface area contributed by atoms with E-state index < -0.39 is 9.52 Å². The minimum atomic E-state index is -0.402. The minimum absolute atomic E-state index is 0.0717. The molecule has 1 aliphatic rings. The molecule has 1 fully saturated rings. The molecule has 1 aliphatic heterocycles. The summed E-state index contributed by atoms with van der Waals surface area (Å²) in [4.78, 5) is 0. The predicted octanol–water partition coefficient (Wildman–Crippen LogP) is -0.567. The molecule has 3 nitrogen and oxygen atoms in total. The van der Waals surface area contributed by atoms with Gasteiger partial charge in [0.1, 0.15) is 9.52 Å². The van der Waals surface area contributed by atoms with Crippen molar-refractivity contribution in [1.82, 2.24) is 5.06 Å². The van der Waals surface area contributed by atoms with Crippen molar-refractivity contribution >= 4 is 14.9 Å². The van der Waals surface area contributed by atoms with Gasteiger partial charge in [-0.3, -0.25) is 0 Å². The van der Waals surface area contributed by atoms with Crippen molar-refractivity contribution in [3.63, 3.8) is 0 Å². The third-order valence-corrected chi connectivity index (χ3v) is 3.36. The number of hydrogen-bond donors (Lipinski definition) is 2. The van der Waals surface area contributed by atoms with Crippen molar-refractivity contribution in [2.45, 2.75) is 12.6 Å². The lowest BCUT2D eigenvalue weighted by Gasteiger charge is -2.14.